The second kappa shape index (κ2) is 7.13. The van der Waals surface area contributed by atoms with Gasteiger partial charge in [-0.15, -0.1) is 0 Å². The molecule has 1 atom stereocenters. The number of halogens is 1. The highest BCUT2D eigenvalue weighted by Gasteiger charge is 2.21. The molecule has 1 heterocycles. The molecule has 1 aliphatic heterocycles. The average molecular weight is 283 g/mol. The van der Waals surface area contributed by atoms with Gasteiger partial charge in [0, 0.05) is 17.6 Å². The van der Waals surface area contributed by atoms with E-state index >= 15 is 0 Å². The lowest BCUT2D eigenvalue weighted by Gasteiger charge is -2.33. The van der Waals surface area contributed by atoms with E-state index in [2.05, 4.69) is 11.8 Å². The van der Waals surface area contributed by atoms with E-state index in [4.69, 9.17) is 22.1 Å². The van der Waals surface area contributed by atoms with Crippen molar-refractivity contribution in [1.29, 1.82) is 0 Å². The third-order valence-electron chi connectivity index (χ3n) is 3.87. The molecule has 106 valence electrons. The molecule has 1 unspecified atom stereocenters. The molecule has 0 aromatic heterocycles. The molecular formula is C15H23ClN2O. The quantitative estimate of drug-likeness (QED) is 0.902. The summed E-state index contributed by atoms with van der Waals surface area (Å²) < 4.78 is 5.71. The fourth-order valence-corrected chi connectivity index (χ4v) is 2.65. The molecule has 0 saturated carbocycles. The Bertz CT molecular complexity index is 372. The van der Waals surface area contributed by atoms with Crippen LogP contribution in [-0.4, -0.2) is 37.2 Å². The number of hydrogen-bond acceptors (Lipinski definition) is 3. The lowest BCUT2D eigenvalue weighted by Crippen LogP contribution is -2.41. The molecule has 3 nitrogen and oxygen atoms in total. The minimum absolute atomic E-state index is 0.326. The Kier molecular flexibility index (Phi) is 5.49. The van der Waals surface area contributed by atoms with Gasteiger partial charge in [0.1, 0.15) is 12.4 Å². The Hall–Kier alpha value is -0.770. The normalized spacial score (nSPS) is 19.3. The Morgan fingerprint density at radius 2 is 1.95 bits per heavy atom. The van der Waals surface area contributed by atoms with Crippen LogP contribution in [0.25, 0.3) is 0 Å². The van der Waals surface area contributed by atoms with E-state index < -0.39 is 0 Å². The average Bonchev–Trinajstić information content (AvgIpc) is 2.41. The first kappa shape index (κ1) is 14.6. The Labute approximate surface area is 120 Å². The summed E-state index contributed by atoms with van der Waals surface area (Å²) in [5, 5.41) is 0.741. The molecule has 0 spiro atoms. The summed E-state index contributed by atoms with van der Waals surface area (Å²) in [5.74, 6) is 1.57. The summed E-state index contributed by atoms with van der Waals surface area (Å²) in [7, 11) is 0. The van der Waals surface area contributed by atoms with Crippen molar-refractivity contribution in [2.75, 3.05) is 26.2 Å². The topological polar surface area (TPSA) is 38.5 Å². The van der Waals surface area contributed by atoms with Crippen molar-refractivity contribution in [1.82, 2.24) is 4.90 Å². The Morgan fingerprint density at radius 3 is 2.53 bits per heavy atom. The van der Waals surface area contributed by atoms with E-state index in [1.165, 1.54) is 12.8 Å². The van der Waals surface area contributed by atoms with E-state index in [0.717, 1.165) is 37.0 Å². The summed E-state index contributed by atoms with van der Waals surface area (Å²) in [6.07, 6.45) is 2.41. The number of piperidine rings is 1. The first-order valence-electron chi connectivity index (χ1n) is 7.01. The molecule has 4 heteroatoms. The largest absolute Gasteiger partial charge is 0.492 e. The minimum atomic E-state index is 0.326. The van der Waals surface area contributed by atoms with Crippen LogP contribution in [0.5, 0.6) is 5.75 Å². The molecule has 1 aromatic carbocycles. The van der Waals surface area contributed by atoms with Crippen molar-refractivity contribution >= 4 is 11.6 Å². The summed E-state index contributed by atoms with van der Waals surface area (Å²) in [6.45, 7) is 6.09. The summed E-state index contributed by atoms with van der Waals surface area (Å²) >= 11 is 5.83. The van der Waals surface area contributed by atoms with Gasteiger partial charge in [0.2, 0.25) is 0 Å². The maximum absolute atomic E-state index is 5.95. The summed E-state index contributed by atoms with van der Waals surface area (Å²) in [4.78, 5) is 2.45. The highest BCUT2D eigenvalue weighted by molar-refractivity contribution is 6.30. The van der Waals surface area contributed by atoms with Gasteiger partial charge >= 0.3 is 0 Å². The van der Waals surface area contributed by atoms with Gasteiger partial charge in [-0.05, 0) is 63.0 Å². The molecule has 19 heavy (non-hydrogen) atoms. The van der Waals surface area contributed by atoms with Gasteiger partial charge in [-0.1, -0.05) is 11.6 Å². The Balaban J connectivity index is 1.65. The predicted molar refractivity (Wildman–Crippen MR) is 79.8 cm³/mol. The molecule has 2 rings (SSSR count). The van der Waals surface area contributed by atoms with Crippen molar-refractivity contribution in [3.8, 4) is 5.75 Å². The molecule has 0 amide bonds. The van der Waals surface area contributed by atoms with Gasteiger partial charge in [0.25, 0.3) is 0 Å². The van der Waals surface area contributed by atoms with Crippen LogP contribution >= 0.6 is 11.6 Å². The van der Waals surface area contributed by atoms with Crippen molar-refractivity contribution < 1.29 is 4.74 Å². The van der Waals surface area contributed by atoms with Gasteiger partial charge in [0.15, 0.2) is 0 Å². The van der Waals surface area contributed by atoms with Crippen molar-refractivity contribution in [2.24, 2.45) is 11.7 Å². The first-order valence-corrected chi connectivity index (χ1v) is 7.39. The van der Waals surface area contributed by atoms with Crippen molar-refractivity contribution in [3.63, 3.8) is 0 Å². The summed E-state index contributed by atoms with van der Waals surface area (Å²) in [5.41, 5.74) is 5.95. The molecule has 1 fully saturated rings. The van der Waals surface area contributed by atoms with Crippen LogP contribution in [0, 0.1) is 5.92 Å². The number of benzene rings is 1. The van der Waals surface area contributed by atoms with Crippen LogP contribution < -0.4 is 10.5 Å². The van der Waals surface area contributed by atoms with Crippen molar-refractivity contribution in [2.45, 2.75) is 25.8 Å². The van der Waals surface area contributed by atoms with Gasteiger partial charge < -0.3 is 10.5 Å². The zero-order valence-corrected chi connectivity index (χ0v) is 12.3. The predicted octanol–water partition coefficient (Wildman–Crippen LogP) is 2.78. The first-order chi connectivity index (χ1) is 9.15. The van der Waals surface area contributed by atoms with E-state index in [-0.39, 0.29) is 0 Å². The third kappa shape index (κ3) is 4.68. The number of hydrogen-bond donors (Lipinski definition) is 1. The summed E-state index contributed by atoms with van der Waals surface area (Å²) in [6, 6.07) is 7.85. The molecule has 2 N–H and O–H groups in total. The van der Waals surface area contributed by atoms with Crippen LogP contribution in [0.1, 0.15) is 19.8 Å². The fraction of sp³-hybridized carbons (Fsp3) is 0.600. The second-order valence-electron chi connectivity index (χ2n) is 5.34. The van der Waals surface area contributed by atoms with E-state index in [9.17, 15) is 0 Å². The van der Waals surface area contributed by atoms with Crippen molar-refractivity contribution in [3.05, 3.63) is 29.3 Å². The van der Waals surface area contributed by atoms with Gasteiger partial charge in [0.05, 0.1) is 0 Å². The second-order valence-corrected chi connectivity index (χ2v) is 5.78. The van der Waals surface area contributed by atoms with E-state index in [0.29, 0.717) is 12.0 Å². The van der Waals surface area contributed by atoms with E-state index in [1.54, 1.807) is 0 Å². The highest BCUT2D eigenvalue weighted by Crippen LogP contribution is 2.19. The highest BCUT2D eigenvalue weighted by atomic mass is 35.5. The van der Waals surface area contributed by atoms with Crippen LogP contribution in [-0.2, 0) is 0 Å². The number of nitrogens with zero attached hydrogens (tertiary/aromatic N) is 1. The number of ether oxygens (including phenoxy) is 1. The number of likely N-dealkylation sites (tertiary alicyclic amines) is 1. The smallest absolute Gasteiger partial charge is 0.119 e. The monoisotopic (exact) mass is 282 g/mol. The van der Waals surface area contributed by atoms with Gasteiger partial charge in [-0.3, -0.25) is 4.90 Å². The van der Waals surface area contributed by atoms with Gasteiger partial charge in [-0.2, -0.15) is 0 Å². The maximum atomic E-state index is 5.95. The molecular weight excluding hydrogens is 260 g/mol. The third-order valence-corrected chi connectivity index (χ3v) is 4.12. The molecule has 1 saturated heterocycles. The van der Waals surface area contributed by atoms with Crippen LogP contribution in [0.2, 0.25) is 5.02 Å². The lowest BCUT2D eigenvalue weighted by molar-refractivity contribution is 0.147. The van der Waals surface area contributed by atoms with Gasteiger partial charge in [-0.25, -0.2) is 0 Å². The minimum Gasteiger partial charge on any atom is -0.492 e. The molecule has 1 aromatic rings. The zero-order chi connectivity index (χ0) is 13.7. The number of rotatable bonds is 5. The molecule has 0 bridgehead atoms. The SMILES string of the molecule is CC(N)C1CCN(CCOc2ccc(Cl)cc2)CC1. The lowest BCUT2D eigenvalue weighted by atomic mass is 9.91. The maximum Gasteiger partial charge on any atom is 0.119 e. The molecule has 1 aliphatic rings. The van der Waals surface area contributed by atoms with E-state index in [1.807, 2.05) is 24.3 Å². The van der Waals surface area contributed by atoms with Crippen LogP contribution in [0.3, 0.4) is 0 Å². The number of nitrogens with two attached hydrogens (primary N) is 1. The standard InChI is InChI=1S/C15H23ClN2O/c1-12(17)13-6-8-18(9-7-13)10-11-19-15-4-2-14(16)3-5-15/h2-5,12-13H,6-11,17H2,1H3. The molecule has 0 aliphatic carbocycles. The zero-order valence-electron chi connectivity index (χ0n) is 11.5. The Morgan fingerprint density at radius 1 is 1.32 bits per heavy atom. The molecule has 0 radical (unpaired) electrons. The van der Waals surface area contributed by atoms with Crippen LogP contribution in [0.15, 0.2) is 24.3 Å². The van der Waals surface area contributed by atoms with Crippen LogP contribution in [0.4, 0.5) is 0 Å². The fourth-order valence-electron chi connectivity index (χ4n) is 2.53.